The summed E-state index contributed by atoms with van der Waals surface area (Å²) in [6.07, 6.45) is 4.39. The van der Waals surface area contributed by atoms with Gasteiger partial charge < -0.3 is 20.3 Å². The van der Waals surface area contributed by atoms with Crippen LogP contribution in [0.15, 0.2) is 41.4 Å². The lowest BCUT2D eigenvalue weighted by Gasteiger charge is -2.27. The minimum Gasteiger partial charge on any atom is -0.378 e. The summed E-state index contributed by atoms with van der Waals surface area (Å²) >= 11 is 0. The van der Waals surface area contributed by atoms with Gasteiger partial charge in [-0.05, 0) is 17.7 Å². The summed E-state index contributed by atoms with van der Waals surface area (Å²) in [6, 6.07) is 8.57. The standard InChI is InChI=1S/C16H22N4O.HI/c17-16(20-9-11-21-12-10-20)18-13-14-3-5-15(6-4-14)19-7-1-2-8-19;/h1-6H,7-13H2,(H2,17,18);1H. The molecule has 2 heterocycles. The smallest absolute Gasteiger partial charge is 0.191 e. The normalized spacial score (nSPS) is 18.5. The first kappa shape index (κ1) is 17.1. The Morgan fingerprint density at radius 3 is 2.36 bits per heavy atom. The molecule has 0 aliphatic carbocycles. The first-order chi connectivity index (χ1) is 10.3. The Balaban J connectivity index is 0.00000176. The average molecular weight is 414 g/mol. The fourth-order valence-electron chi connectivity index (χ4n) is 2.57. The second-order valence-corrected chi connectivity index (χ2v) is 5.32. The number of ether oxygens (including phenoxy) is 1. The van der Waals surface area contributed by atoms with Crippen molar-refractivity contribution in [1.82, 2.24) is 4.90 Å². The van der Waals surface area contributed by atoms with Crippen molar-refractivity contribution in [3.8, 4) is 0 Å². The molecule has 2 aliphatic heterocycles. The number of morpholine rings is 1. The van der Waals surface area contributed by atoms with Gasteiger partial charge in [-0.15, -0.1) is 24.0 Å². The molecule has 0 amide bonds. The zero-order valence-electron chi connectivity index (χ0n) is 12.6. The molecule has 0 spiro atoms. The number of benzene rings is 1. The molecule has 5 nitrogen and oxygen atoms in total. The van der Waals surface area contributed by atoms with Crippen LogP contribution in [-0.2, 0) is 11.3 Å². The van der Waals surface area contributed by atoms with Crippen LogP contribution in [0.5, 0.6) is 0 Å². The molecular weight excluding hydrogens is 391 g/mol. The van der Waals surface area contributed by atoms with Gasteiger partial charge in [0.05, 0.1) is 19.8 Å². The van der Waals surface area contributed by atoms with Crippen LogP contribution in [0.2, 0.25) is 0 Å². The third-order valence-corrected chi connectivity index (χ3v) is 3.88. The summed E-state index contributed by atoms with van der Waals surface area (Å²) in [6.45, 7) is 5.75. The van der Waals surface area contributed by atoms with E-state index in [0.29, 0.717) is 12.5 Å². The van der Waals surface area contributed by atoms with Crippen molar-refractivity contribution in [3.05, 3.63) is 42.0 Å². The molecule has 3 rings (SSSR count). The zero-order valence-corrected chi connectivity index (χ0v) is 15.0. The molecule has 1 saturated heterocycles. The zero-order chi connectivity index (χ0) is 14.5. The first-order valence-electron chi connectivity index (χ1n) is 7.44. The molecule has 22 heavy (non-hydrogen) atoms. The van der Waals surface area contributed by atoms with Crippen molar-refractivity contribution in [3.63, 3.8) is 0 Å². The summed E-state index contributed by atoms with van der Waals surface area (Å²) in [5.41, 5.74) is 8.47. The van der Waals surface area contributed by atoms with Crippen LogP contribution in [0.25, 0.3) is 0 Å². The van der Waals surface area contributed by atoms with Crippen molar-refractivity contribution in [1.29, 1.82) is 0 Å². The molecule has 1 fully saturated rings. The van der Waals surface area contributed by atoms with E-state index < -0.39 is 0 Å². The van der Waals surface area contributed by atoms with E-state index in [1.165, 1.54) is 11.3 Å². The van der Waals surface area contributed by atoms with E-state index in [4.69, 9.17) is 10.5 Å². The molecular formula is C16H23IN4O. The van der Waals surface area contributed by atoms with Gasteiger partial charge in [0.25, 0.3) is 0 Å². The molecule has 6 heteroatoms. The fraction of sp³-hybridized carbons (Fsp3) is 0.438. The summed E-state index contributed by atoms with van der Waals surface area (Å²) in [4.78, 5) is 8.89. The molecule has 2 aliphatic rings. The second kappa shape index (κ2) is 8.38. The Kier molecular flexibility index (Phi) is 6.50. The van der Waals surface area contributed by atoms with Crippen LogP contribution >= 0.6 is 24.0 Å². The van der Waals surface area contributed by atoms with Gasteiger partial charge in [-0.25, -0.2) is 4.99 Å². The summed E-state index contributed by atoms with van der Waals surface area (Å²) in [7, 11) is 0. The van der Waals surface area contributed by atoms with Crippen molar-refractivity contribution in [2.24, 2.45) is 10.7 Å². The van der Waals surface area contributed by atoms with E-state index in [9.17, 15) is 0 Å². The molecule has 0 unspecified atom stereocenters. The van der Waals surface area contributed by atoms with Gasteiger partial charge in [-0.3, -0.25) is 0 Å². The predicted molar refractivity (Wildman–Crippen MR) is 101 cm³/mol. The summed E-state index contributed by atoms with van der Waals surface area (Å²) in [5, 5.41) is 0. The molecule has 0 aromatic heterocycles. The van der Waals surface area contributed by atoms with Gasteiger partial charge in [0, 0.05) is 31.9 Å². The Morgan fingerprint density at radius 1 is 1.09 bits per heavy atom. The van der Waals surface area contributed by atoms with E-state index in [0.717, 1.165) is 39.4 Å². The number of hydrogen-bond donors (Lipinski definition) is 1. The van der Waals surface area contributed by atoms with Crippen LogP contribution in [0, 0.1) is 0 Å². The molecule has 2 N–H and O–H groups in total. The maximum absolute atomic E-state index is 6.03. The second-order valence-electron chi connectivity index (χ2n) is 5.32. The highest BCUT2D eigenvalue weighted by Crippen LogP contribution is 2.17. The van der Waals surface area contributed by atoms with Gasteiger partial charge in [-0.1, -0.05) is 24.3 Å². The summed E-state index contributed by atoms with van der Waals surface area (Å²) < 4.78 is 5.31. The molecule has 120 valence electrons. The number of hydrogen-bond acceptors (Lipinski definition) is 3. The highest BCUT2D eigenvalue weighted by molar-refractivity contribution is 14.0. The fourth-order valence-corrected chi connectivity index (χ4v) is 2.57. The average Bonchev–Trinajstić information content (AvgIpc) is 3.08. The van der Waals surface area contributed by atoms with E-state index >= 15 is 0 Å². The molecule has 0 saturated carbocycles. The highest BCUT2D eigenvalue weighted by Gasteiger charge is 2.12. The third kappa shape index (κ3) is 4.36. The van der Waals surface area contributed by atoms with Gasteiger partial charge in [0.2, 0.25) is 0 Å². The minimum atomic E-state index is 0. The van der Waals surface area contributed by atoms with Gasteiger partial charge >= 0.3 is 0 Å². The van der Waals surface area contributed by atoms with Crippen molar-refractivity contribution in [2.75, 3.05) is 44.3 Å². The van der Waals surface area contributed by atoms with E-state index in [1.54, 1.807) is 0 Å². The number of guanidine groups is 1. The maximum Gasteiger partial charge on any atom is 0.191 e. The monoisotopic (exact) mass is 414 g/mol. The molecule has 1 aromatic carbocycles. The van der Waals surface area contributed by atoms with Crippen LogP contribution in [-0.4, -0.2) is 50.3 Å². The Morgan fingerprint density at radius 2 is 1.73 bits per heavy atom. The highest BCUT2D eigenvalue weighted by atomic mass is 127. The van der Waals surface area contributed by atoms with Gasteiger partial charge in [0.1, 0.15) is 0 Å². The number of nitrogens with two attached hydrogens (primary N) is 1. The van der Waals surface area contributed by atoms with Crippen LogP contribution in [0.4, 0.5) is 5.69 Å². The largest absolute Gasteiger partial charge is 0.378 e. The topological polar surface area (TPSA) is 54.1 Å². The predicted octanol–water partition coefficient (Wildman–Crippen LogP) is 1.83. The number of anilines is 1. The first-order valence-corrected chi connectivity index (χ1v) is 7.44. The van der Waals surface area contributed by atoms with E-state index in [2.05, 4.69) is 51.2 Å². The Labute approximate surface area is 148 Å². The molecule has 0 atom stereocenters. The van der Waals surface area contributed by atoms with Crippen LogP contribution in [0.3, 0.4) is 0 Å². The SMILES string of the molecule is I.NC(=NCc1ccc(N2CC=CC2)cc1)N1CCOCC1. The Bertz CT molecular complexity index is 515. The number of halogens is 1. The quantitative estimate of drug-likeness (QED) is 0.355. The number of aliphatic imine (C=N–C) groups is 1. The van der Waals surface area contributed by atoms with Crippen molar-refractivity contribution >= 4 is 35.6 Å². The number of rotatable bonds is 3. The van der Waals surface area contributed by atoms with E-state index in [-0.39, 0.29) is 24.0 Å². The lowest BCUT2D eigenvalue weighted by molar-refractivity contribution is 0.0674. The van der Waals surface area contributed by atoms with Crippen molar-refractivity contribution in [2.45, 2.75) is 6.54 Å². The Hall–Kier alpha value is -1.28. The minimum absolute atomic E-state index is 0. The third-order valence-electron chi connectivity index (χ3n) is 3.88. The summed E-state index contributed by atoms with van der Waals surface area (Å²) in [5.74, 6) is 0.617. The van der Waals surface area contributed by atoms with Crippen molar-refractivity contribution < 1.29 is 4.74 Å². The van der Waals surface area contributed by atoms with Gasteiger partial charge in [0.15, 0.2) is 5.96 Å². The molecule has 0 bridgehead atoms. The maximum atomic E-state index is 6.03. The number of nitrogens with zero attached hydrogens (tertiary/aromatic N) is 3. The van der Waals surface area contributed by atoms with E-state index in [1.807, 2.05) is 0 Å². The molecule has 0 radical (unpaired) electrons. The van der Waals surface area contributed by atoms with Gasteiger partial charge in [-0.2, -0.15) is 0 Å². The lowest BCUT2D eigenvalue weighted by Crippen LogP contribution is -2.44. The van der Waals surface area contributed by atoms with Crippen LogP contribution in [0.1, 0.15) is 5.56 Å². The molecule has 1 aromatic rings. The van der Waals surface area contributed by atoms with Crippen LogP contribution < -0.4 is 10.6 Å². The lowest BCUT2D eigenvalue weighted by atomic mass is 10.2.